The third kappa shape index (κ3) is 2.74. The maximum absolute atomic E-state index is 12.7. The van der Waals surface area contributed by atoms with Crippen LogP contribution < -0.4 is 0 Å². The van der Waals surface area contributed by atoms with Crippen molar-refractivity contribution >= 4 is 5.91 Å². The number of aromatic nitrogens is 3. The molecule has 1 N–H and O–H groups in total. The first kappa shape index (κ1) is 14.4. The molecule has 1 saturated carbocycles. The second-order valence-corrected chi connectivity index (χ2v) is 6.40. The minimum atomic E-state index is -0.127. The van der Waals surface area contributed by atoms with Crippen molar-refractivity contribution in [1.29, 1.82) is 0 Å². The minimum absolute atomic E-state index is 0.127. The molecule has 2 aromatic rings. The Kier molecular flexibility index (Phi) is 3.61. The molecule has 1 aromatic heterocycles. The van der Waals surface area contributed by atoms with E-state index in [1.807, 2.05) is 35.0 Å². The fraction of sp³-hybridized carbons (Fsp3) is 0.471. The topological polar surface area (TPSA) is 71.2 Å². The number of aliphatic hydroxyl groups is 1. The first-order valence-corrected chi connectivity index (χ1v) is 8.19. The molecular formula is C17H20N4O2. The van der Waals surface area contributed by atoms with Crippen LogP contribution in [0, 0.1) is 5.92 Å². The second-order valence-electron chi connectivity index (χ2n) is 6.40. The molecule has 6 nitrogen and oxygen atoms in total. The lowest BCUT2D eigenvalue weighted by Crippen LogP contribution is -2.30. The van der Waals surface area contributed by atoms with Crippen LogP contribution in [0.4, 0.5) is 0 Å². The number of para-hydroxylation sites is 1. The van der Waals surface area contributed by atoms with E-state index in [1.54, 1.807) is 4.90 Å². The Bertz CT molecular complexity index is 709. The van der Waals surface area contributed by atoms with Crippen molar-refractivity contribution in [3.8, 4) is 5.69 Å². The van der Waals surface area contributed by atoms with Crippen LogP contribution in [-0.2, 0) is 0 Å². The molecule has 1 atom stereocenters. The highest BCUT2D eigenvalue weighted by Crippen LogP contribution is 2.39. The molecule has 23 heavy (non-hydrogen) atoms. The van der Waals surface area contributed by atoms with Crippen molar-refractivity contribution < 1.29 is 9.90 Å². The van der Waals surface area contributed by atoms with Crippen LogP contribution in [0.3, 0.4) is 0 Å². The summed E-state index contributed by atoms with van der Waals surface area (Å²) >= 11 is 0. The Hall–Kier alpha value is -2.21. The van der Waals surface area contributed by atoms with Gasteiger partial charge in [0.1, 0.15) is 5.82 Å². The third-order valence-corrected chi connectivity index (χ3v) is 4.60. The molecule has 0 bridgehead atoms. The lowest BCUT2D eigenvalue weighted by Gasteiger charge is -2.13. The van der Waals surface area contributed by atoms with E-state index in [4.69, 9.17) is 0 Å². The lowest BCUT2D eigenvalue weighted by atomic mass is 10.1. The van der Waals surface area contributed by atoms with Gasteiger partial charge in [-0.15, -0.1) is 5.10 Å². The molecule has 2 fully saturated rings. The zero-order valence-corrected chi connectivity index (χ0v) is 12.9. The van der Waals surface area contributed by atoms with Gasteiger partial charge in [0, 0.05) is 31.5 Å². The van der Waals surface area contributed by atoms with Crippen LogP contribution in [0.2, 0.25) is 0 Å². The first-order chi connectivity index (χ1) is 11.3. The standard InChI is InChI=1S/C17H20N4O2/c22-11-12-8-9-20(10-12)17(23)15-18-16(13-6-7-13)21(19-15)14-4-2-1-3-5-14/h1-5,12-13,22H,6-11H2. The van der Waals surface area contributed by atoms with E-state index in [0.29, 0.717) is 19.0 Å². The molecular weight excluding hydrogens is 292 g/mol. The Morgan fingerprint density at radius 2 is 2.00 bits per heavy atom. The van der Waals surface area contributed by atoms with Gasteiger partial charge in [-0.1, -0.05) is 18.2 Å². The summed E-state index contributed by atoms with van der Waals surface area (Å²) in [6.45, 7) is 1.39. The summed E-state index contributed by atoms with van der Waals surface area (Å²) in [6, 6.07) is 9.84. The Morgan fingerprint density at radius 3 is 2.65 bits per heavy atom. The van der Waals surface area contributed by atoms with Crippen LogP contribution in [0.5, 0.6) is 0 Å². The summed E-state index contributed by atoms with van der Waals surface area (Å²) < 4.78 is 1.81. The molecule has 1 saturated heterocycles. The SMILES string of the molecule is O=C(c1nc(C2CC2)n(-c2ccccc2)n1)N1CCC(CO)C1. The minimum Gasteiger partial charge on any atom is -0.396 e. The lowest BCUT2D eigenvalue weighted by molar-refractivity contribution is 0.0770. The summed E-state index contributed by atoms with van der Waals surface area (Å²) in [4.78, 5) is 18.9. The second kappa shape index (κ2) is 5.77. The summed E-state index contributed by atoms with van der Waals surface area (Å²) in [5.74, 6) is 1.62. The molecule has 1 aliphatic carbocycles. The van der Waals surface area contributed by atoms with Gasteiger partial charge in [0.2, 0.25) is 5.82 Å². The van der Waals surface area contributed by atoms with Gasteiger partial charge in [-0.05, 0) is 31.4 Å². The van der Waals surface area contributed by atoms with Crippen LogP contribution in [-0.4, -0.2) is 50.4 Å². The van der Waals surface area contributed by atoms with Gasteiger partial charge in [0.15, 0.2) is 0 Å². The average Bonchev–Trinajstić information content (AvgIpc) is 3.16. The highest BCUT2D eigenvalue weighted by Gasteiger charge is 2.34. The average molecular weight is 312 g/mol. The molecule has 1 aromatic carbocycles. The van der Waals surface area contributed by atoms with Crippen LogP contribution in [0.1, 0.15) is 41.6 Å². The van der Waals surface area contributed by atoms with E-state index < -0.39 is 0 Å². The van der Waals surface area contributed by atoms with Crippen molar-refractivity contribution in [3.63, 3.8) is 0 Å². The van der Waals surface area contributed by atoms with Crippen molar-refractivity contribution in [1.82, 2.24) is 19.7 Å². The summed E-state index contributed by atoms with van der Waals surface area (Å²) in [6.07, 6.45) is 3.06. The number of carbonyl (C=O) groups excluding carboxylic acids is 1. The number of amides is 1. The highest BCUT2D eigenvalue weighted by molar-refractivity contribution is 5.90. The quantitative estimate of drug-likeness (QED) is 0.931. The summed E-state index contributed by atoms with van der Waals surface area (Å²) in [5.41, 5.74) is 0.940. The van der Waals surface area contributed by atoms with Crippen molar-refractivity contribution in [2.24, 2.45) is 5.92 Å². The van der Waals surface area contributed by atoms with Crippen molar-refractivity contribution in [3.05, 3.63) is 42.0 Å². The van der Waals surface area contributed by atoms with Gasteiger partial charge in [0.25, 0.3) is 5.91 Å². The van der Waals surface area contributed by atoms with Gasteiger partial charge in [-0.3, -0.25) is 4.79 Å². The van der Waals surface area contributed by atoms with E-state index in [0.717, 1.165) is 30.8 Å². The van der Waals surface area contributed by atoms with Crippen molar-refractivity contribution in [2.75, 3.05) is 19.7 Å². The van der Waals surface area contributed by atoms with Gasteiger partial charge in [-0.25, -0.2) is 9.67 Å². The molecule has 1 aliphatic heterocycles. The van der Waals surface area contributed by atoms with E-state index in [-0.39, 0.29) is 24.3 Å². The van der Waals surface area contributed by atoms with Crippen LogP contribution in [0.15, 0.2) is 30.3 Å². The smallest absolute Gasteiger partial charge is 0.293 e. The fourth-order valence-corrected chi connectivity index (χ4v) is 3.09. The van der Waals surface area contributed by atoms with Gasteiger partial charge >= 0.3 is 0 Å². The van der Waals surface area contributed by atoms with E-state index in [9.17, 15) is 9.90 Å². The molecule has 1 unspecified atom stereocenters. The van der Waals surface area contributed by atoms with Crippen molar-refractivity contribution in [2.45, 2.75) is 25.2 Å². The Balaban J connectivity index is 1.64. The van der Waals surface area contributed by atoms with Gasteiger partial charge in [-0.2, -0.15) is 0 Å². The number of likely N-dealkylation sites (tertiary alicyclic amines) is 1. The Morgan fingerprint density at radius 1 is 1.22 bits per heavy atom. The van der Waals surface area contributed by atoms with Crippen LogP contribution in [0.25, 0.3) is 5.69 Å². The summed E-state index contributed by atoms with van der Waals surface area (Å²) in [5, 5.41) is 13.7. The predicted octanol–water partition coefficient (Wildman–Crippen LogP) is 1.60. The molecule has 1 amide bonds. The maximum atomic E-state index is 12.7. The highest BCUT2D eigenvalue weighted by atomic mass is 16.3. The normalized spacial score (nSPS) is 20.9. The van der Waals surface area contributed by atoms with E-state index in [2.05, 4.69) is 10.1 Å². The number of rotatable bonds is 4. The largest absolute Gasteiger partial charge is 0.396 e. The zero-order chi connectivity index (χ0) is 15.8. The van der Waals surface area contributed by atoms with Crippen LogP contribution >= 0.6 is 0 Å². The monoisotopic (exact) mass is 312 g/mol. The van der Waals surface area contributed by atoms with E-state index >= 15 is 0 Å². The molecule has 2 aliphatic rings. The Labute approximate surface area is 134 Å². The maximum Gasteiger partial charge on any atom is 0.293 e. The fourth-order valence-electron chi connectivity index (χ4n) is 3.09. The molecule has 0 radical (unpaired) electrons. The molecule has 2 heterocycles. The number of aliphatic hydroxyl groups excluding tert-OH is 1. The summed E-state index contributed by atoms with van der Waals surface area (Å²) in [7, 11) is 0. The number of carbonyl (C=O) groups is 1. The van der Waals surface area contributed by atoms with Gasteiger partial charge < -0.3 is 10.0 Å². The molecule has 4 rings (SSSR count). The predicted molar refractivity (Wildman–Crippen MR) is 84.4 cm³/mol. The van der Waals surface area contributed by atoms with Gasteiger partial charge in [0.05, 0.1) is 5.69 Å². The molecule has 0 spiro atoms. The number of hydrogen-bond acceptors (Lipinski definition) is 4. The third-order valence-electron chi connectivity index (χ3n) is 4.60. The first-order valence-electron chi connectivity index (χ1n) is 8.19. The van der Waals surface area contributed by atoms with E-state index in [1.165, 1.54) is 0 Å². The number of nitrogens with zero attached hydrogens (tertiary/aromatic N) is 4. The number of hydrogen-bond donors (Lipinski definition) is 1. The molecule has 6 heteroatoms. The number of benzene rings is 1. The zero-order valence-electron chi connectivity index (χ0n) is 12.9. The molecule has 120 valence electrons.